The number of sulfone groups is 1. The van der Waals surface area contributed by atoms with Gasteiger partial charge in [-0.05, 0) is 19.4 Å². The molecule has 0 unspecified atom stereocenters. The van der Waals surface area contributed by atoms with Crippen molar-refractivity contribution in [2.24, 2.45) is 5.73 Å². The minimum atomic E-state index is -2.90. The first kappa shape index (κ1) is 10.6. The molecule has 2 heterocycles. The largest absolute Gasteiger partial charge is 0.330 e. The van der Waals surface area contributed by atoms with Crippen LogP contribution in [0, 0.1) is 0 Å². The Labute approximate surface area is 89.0 Å². The van der Waals surface area contributed by atoms with Crippen molar-refractivity contribution in [2.45, 2.75) is 25.0 Å². The van der Waals surface area contributed by atoms with Gasteiger partial charge in [-0.25, -0.2) is 8.42 Å². The Morgan fingerprint density at radius 3 is 3.00 bits per heavy atom. The maximum atomic E-state index is 11.5. The van der Waals surface area contributed by atoms with Gasteiger partial charge >= 0.3 is 0 Å². The summed E-state index contributed by atoms with van der Waals surface area (Å²) in [6.45, 7) is 0.606. The molecule has 2 rings (SSSR count). The molecule has 6 heteroatoms. The Balaban J connectivity index is 2.25. The Kier molecular flexibility index (Phi) is 2.79. The molecule has 15 heavy (non-hydrogen) atoms. The minimum absolute atomic E-state index is 0.138. The Bertz CT molecular complexity index is 450. The lowest BCUT2D eigenvalue weighted by Gasteiger charge is -2.12. The van der Waals surface area contributed by atoms with Crippen LogP contribution in [0.15, 0.2) is 0 Å². The van der Waals surface area contributed by atoms with Gasteiger partial charge in [0.25, 0.3) is 0 Å². The highest BCUT2D eigenvalue weighted by molar-refractivity contribution is 7.90. The van der Waals surface area contributed by atoms with Crippen molar-refractivity contribution in [3.63, 3.8) is 0 Å². The van der Waals surface area contributed by atoms with Crippen LogP contribution in [0.2, 0.25) is 0 Å². The predicted octanol–water partition coefficient (Wildman–Crippen LogP) is -0.228. The number of fused-ring (bicyclic) bond motifs is 1. The lowest BCUT2D eigenvalue weighted by atomic mass is 10.1. The first-order valence-corrected chi connectivity index (χ1v) is 6.90. The SMILES string of the molecule is NCCCc1n[nH]c2c1CS(=O)(=O)CC2. The van der Waals surface area contributed by atoms with Gasteiger partial charge in [0.2, 0.25) is 0 Å². The number of aryl methyl sites for hydroxylation is 2. The van der Waals surface area contributed by atoms with Gasteiger partial charge in [0.1, 0.15) is 0 Å². The summed E-state index contributed by atoms with van der Waals surface area (Å²) >= 11 is 0. The van der Waals surface area contributed by atoms with Gasteiger partial charge in [-0.3, -0.25) is 5.10 Å². The highest BCUT2D eigenvalue weighted by Crippen LogP contribution is 2.22. The van der Waals surface area contributed by atoms with E-state index in [1.54, 1.807) is 0 Å². The normalized spacial score (nSPS) is 18.7. The van der Waals surface area contributed by atoms with Crippen LogP contribution in [0.1, 0.15) is 23.4 Å². The number of aromatic amines is 1. The summed E-state index contributed by atoms with van der Waals surface area (Å²) in [4.78, 5) is 0. The number of rotatable bonds is 3. The molecule has 0 saturated carbocycles. The van der Waals surface area contributed by atoms with Crippen molar-refractivity contribution < 1.29 is 8.42 Å². The average molecular weight is 229 g/mol. The molecule has 0 aromatic carbocycles. The summed E-state index contributed by atoms with van der Waals surface area (Å²) in [5, 5.41) is 7.07. The molecule has 0 bridgehead atoms. The Morgan fingerprint density at radius 2 is 2.27 bits per heavy atom. The smallest absolute Gasteiger partial charge is 0.154 e. The van der Waals surface area contributed by atoms with Crippen molar-refractivity contribution in [3.8, 4) is 0 Å². The van der Waals surface area contributed by atoms with E-state index in [0.29, 0.717) is 13.0 Å². The van der Waals surface area contributed by atoms with Crippen LogP contribution in [0.25, 0.3) is 0 Å². The number of nitrogens with one attached hydrogen (secondary N) is 1. The number of nitrogens with zero attached hydrogens (tertiary/aromatic N) is 1. The lowest BCUT2D eigenvalue weighted by Crippen LogP contribution is -2.19. The van der Waals surface area contributed by atoms with Gasteiger partial charge in [0, 0.05) is 17.7 Å². The van der Waals surface area contributed by atoms with Gasteiger partial charge in [-0.1, -0.05) is 0 Å². The van der Waals surface area contributed by atoms with Crippen LogP contribution >= 0.6 is 0 Å². The quantitative estimate of drug-likeness (QED) is 0.749. The maximum absolute atomic E-state index is 11.5. The summed E-state index contributed by atoms with van der Waals surface area (Å²) in [6, 6.07) is 0. The van der Waals surface area contributed by atoms with E-state index in [2.05, 4.69) is 10.2 Å². The summed E-state index contributed by atoms with van der Waals surface area (Å²) in [6.07, 6.45) is 2.17. The summed E-state index contributed by atoms with van der Waals surface area (Å²) in [5.41, 5.74) is 8.16. The van der Waals surface area contributed by atoms with E-state index in [1.165, 1.54) is 0 Å². The van der Waals surface area contributed by atoms with Gasteiger partial charge in [-0.15, -0.1) is 0 Å². The maximum Gasteiger partial charge on any atom is 0.154 e. The molecule has 0 aliphatic carbocycles. The van der Waals surface area contributed by atoms with Crippen molar-refractivity contribution in [1.82, 2.24) is 10.2 Å². The Hall–Kier alpha value is -0.880. The highest BCUT2D eigenvalue weighted by atomic mass is 32.2. The summed E-state index contributed by atoms with van der Waals surface area (Å²) in [5.74, 6) is 0.372. The summed E-state index contributed by atoms with van der Waals surface area (Å²) in [7, 11) is -2.90. The third kappa shape index (κ3) is 2.21. The van der Waals surface area contributed by atoms with E-state index in [9.17, 15) is 8.42 Å². The molecule has 0 amide bonds. The standard InChI is InChI=1S/C9H15N3O2S/c10-4-1-2-8-7-6-15(13,14)5-3-9(7)12-11-8/h1-6,10H2,(H,11,12). The molecule has 84 valence electrons. The number of aromatic nitrogens is 2. The zero-order valence-electron chi connectivity index (χ0n) is 8.49. The molecule has 0 atom stereocenters. The van der Waals surface area contributed by atoms with Crippen LogP contribution < -0.4 is 5.73 Å². The molecule has 1 aromatic rings. The third-order valence-electron chi connectivity index (χ3n) is 2.68. The first-order valence-electron chi connectivity index (χ1n) is 5.08. The van der Waals surface area contributed by atoms with Crippen LogP contribution in [-0.2, 0) is 28.4 Å². The average Bonchev–Trinajstić information content (AvgIpc) is 2.56. The van der Waals surface area contributed by atoms with Gasteiger partial charge in [0.05, 0.1) is 17.2 Å². The van der Waals surface area contributed by atoms with Crippen molar-refractivity contribution in [3.05, 3.63) is 17.0 Å². The second kappa shape index (κ2) is 3.94. The number of nitrogens with two attached hydrogens (primary N) is 1. The van der Waals surface area contributed by atoms with Crippen molar-refractivity contribution in [1.29, 1.82) is 0 Å². The molecule has 5 nitrogen and oxygen atoms in total. The fourth-order valence-corrected chi connectivity index (χ4v) is 3.29. The van der Waals surface area contributed by atoms with E-state index in [1.807, 2.05) is 0 Å². The van der Waals surface area contributed by atoms with Crippen LogP contribution in [0.3, 0.4) is 0 Å². The van der Waals surface area contributed by atoms with E-state index in [4.69, 9.17) is 5.73 Å². The second-order valence-corrected chi connectivity index (χ2v) is 6.05. The topological polar surface area (TPSA) is 88.8 Å². The molecular weight excluding hydrogens is 214 g/mol. The lowest BCUT2D eigenvalue weighted by molar-refractivity contribution is 0.591. The van der Waals surface area contributed by atoms with E-state index >= 15 is 0 Å². The summed E-state index contributed by atoms with van der Waals surface area (Å²) < 4.78 is 22.9. The number of hydrogen-bond donors (Lipinski definition) is 2. The monoisotopic (exact) mass is 229 g/mol. The van der Waals surface area contributed by atoms with Crippen molar-refractivity contribution >= 4 is 9.84 Å². The Morgan fingerprint density at radius 1 is 1.47 bits per heavy atom. The van der Waals surface area contributed by atoms with Crippen LogP contribution in [0.4, 0.5) is 0 Å². The first-order chi connectivity index (χ1) is 7.12. The van der Waals surface area contributed by atoms with Crippen molar-refractivity contribution in [2.75, 3.05) is 12.3 Å². The molecule has 1 aromatic heterocycles. The molecule has 0 saturated heterocycles. The van der Waals surface area contributed by atoms with Crippen LogP contribution in [0.5, 0.6) is 0 Å². The molecule has 0 radical (unpaired) electrons. The molecule has 1 aliphatic rings. The van der Waals surface area contributed by atoms with Gasteiger partial charge in [-0.2, -0.15) is 5.10 Å². The molecule has 3 N–H and O–H groups in total. The highest BCUT2D eigenvalue weighted by Gasteiger charge is 2.25. The van der Waals surface area contributed by atoms with E-state index in [0.717, 1.165) is 29.8 Å². The van der Waals surface area contributed by atoms with Crippen LogP contribution in [-0.4, -0.2) is 30.9 Å². The number of H-pyrrole nitrogens is 1. The number of hydrogen-bond acceptors (Lipinski definition) is 4. The van der Waals surface area contributed by atoms with Gasteiger partial charge in [0.15, 0.2) is 9.84 Å². The zero-order chi connectivity index (χ0) is 10.9. The second-order valence-electron chi connectivity index (χ2n) is 3.86. The predicted molar refractivity (Wildman–Crippen MR) is 57.2 cm³/mol. The molecule has 0 fully saturated rings. The van der Waals surface area contributed by atoms with E-state index in [-0.39, 0.29) is 11.5 Å². The fourth-order valence-electron chi connectivity index (χ4n) is 1.85. The molecule has 1 aliphatic heterocycles. The van der Waals surface area contributed by atoms with E-state index < -0.39 is 9.84 Å². The van der Waals surface area contributed by atoms with Gasteiger partial charge < -0.3 is 5.73 Å². The fraction of sp³-hybridized carbons (Fsp3) is 0.667. The molecular formula is C9H15N3O2S. The minimum Gasteiger partial charge on any atom is -0.330 e. The zero-order valence-corrected chi connectivity index (χ0v) is 9.31. The molecule has 0 spiro atoms. The third-order valence-corrected chi connectivity index (χ3v) is 4.24.